The molecule has 0 fully saturated rings. The second-order valence-electron chi connectivity index (χ2n) is 4.54. The van der Waals surface area contributed by atoms with Crippen LogP contribution in [0, 0.1) is 0 Å². The monoisotopic (exact) mass is 460 g/mol. The van der Waals surface area contributed by atoms with Gasteiger partial charge in [0.05, 0.1) is 4.90 Å². The first-order valence-corrected chi connectivity index (χ1v) is 9.15. The molecular weight excluding hydrogens is 455 g/mol. The fraction of sp³-hybridized carbons (Fsp3) is 0. The Bertz CT molecular complexity index is 969. The second kappa shape index (κ2) is 6.14. The normalized spacial score (nSPS) is 11.6. The van der Waals surface area contributed by atoms with Crippen molar-refractivity contribution >= 4 is 42.1 Å². The Balaban J connectivity index is 2.02. The number of benzene rings is 2. The molecule has 0 saturated carbocycles. The minimum atomic E-state index is -4.79. The average Bonchev–Trinajstić information content (AvgIpc) is 2.95. The van der Waals surface area contributed by atoms with Crippen molar-refractivity contribution in [2.75, 3.05) is 0 Å². The van der Waals surface area contributed by atoms with Gasteiger partial charge in [-0.3, -0.25) is 0 Å². The van der Waals surface area contributed by atoms with Crippen molar-refractivity contribution in [3.63, 3.8) is 0 Å². The van der Waals surface area contributed by atoms with Crippen molar-refractivity contribution < 1.29 is 16.7 Å². The van der Waals surface area contributed by atoms with E-state index in [0.29, 0.717) is 11.1 Å². The van der Waals surface area contributed by atoms with E-state index in [0.717, 1.165) is 21.1 Å². The van der Waals surface area contributed by atoms with Gasteiger partial charge in [-0.25, -0.2) is 0 Å². The van der Waals surface area contributed by atoms with Crippen molar-refractivity contribution in [1.29, 1.82) is 0 Å². The molecule has 3 aromatic rings. The van der Waals surface area contributed by atoms with Crippen LogP contribution in [0.2, 0.25) is 0 Å². The van der Waals surface area contributed by atoms with Crippen LogP contribution >= 0.6 is 31.9 Å². The summed E-state index contributed by atoms with van der Waals surface area (Å²) in [6.07, 6.45) is 0. The molecule has 0 spiro atoms. The lowest BCUT2D eigenvalue weighted by Crippen LogP contribution is -1.92. The van der Waals surface area contributed by atoms with Crippen LogP contribution in [-0.2, 0) is 10.2 Å². The minimum Gasteiger partial charge on any atom is -0.416 e. The van der Waals surface area contributed by atoms with E-state index in [2.05, 4.69) is 42.1 Å². The van der Waals surface area contributed by atoms with Gasteiger partial charge in [-0.2, -0.15) is 8.42 Å². The lowest BCUT2D eigenvalue weighted by molar-refractivity contribution is 0.552. The highest BCUT2D eigenvalue weighted by Gasteiger charge is 2.16. The Hall–Kier alpha value is -1.58. The fourth-order valence-corrected chi connectivity index (χ4v) is 3.72. The van der Waals surface area contributed by atoms with E-state index in [-0.39, 0.29) is 11.8 Å². The molecule has 1 aromatic heterocycles. The third-order valence-electron chi connectivity index (χ3n) is 2.90. The largest absolute Gasteiger partial charge is 0.416 e. The lowest BCUT2D eigenvalue weighted by atomic mass is 10.2. The maximum atomic E-state index is 13.1. The molecule has 1 heterocycles. The van der Waals surface area contributed by atoms with Crippen LogP contribution in [0.1, 0.15) is 0 Å². The third kappa shape index (κ3) is 3.67. The zero-order valence-corrected chi connectivity index (χ0v) is 15.2. The summed E-state index contributed by atoms with van der Waals surface area (Å²) in [4.78, 5) is -0.458. The molecule has 0 unspecified atom stereocenters. The van der Waals surface area contributed by atoms with Crippen LogP contribution in [0.25, 0.3) is 22.9 Å². The number of hydrogen-bond acceptors (Lipinski definition) is 5. The van der Waals surface area contributed by atoms with E-state index < -0.39 is 15.1 Å². The SMILES string of the molecule is O=S(=O)(F)c1cccc(-c2nnc(-c3cc(Br)cc(Br)c3)o2)c1. The standard InChI is InChI=1S/C14H7Br2FN2O3S/c15-10-4-9(5-11(16)7-10)14-19-18-13(22-14)8-2-1-3-12(6-8)23(17,20)21/h1-7H. The summed E-state index contributed by atoms with van der Waals surface area (Å²) in [7, 11) is -4.79. The van der Waals surface area contributed by atoms with E-state index in [1.54, 1.807) is 18.2 Å². The summed E-state index contributed by atoms with van der Waals surface area (Å²) in [6.45, 7) is 0. The zero-order valence-electron chi connectivity index (χ0n) is 11.2. The summed E-state index contributed by atoms with van der Waals surface area (Å²) < 4.78 is 42.2. The van der Waals surface area contributed by atoms with Gasteiger partial charge in [-0.05, 0) is 36.4 Å². The van der Waals surface area contributed by atoms with Crippen molar-refractivity contribution in [2.45, 2.75) is 4.90 Å². The molecule has 5 nitrogen and oxygen atoms in total. The highest BCUT2D eigenvalue weighted by Crippen LogP contribution is 2.29. The predicted octanol–water partition coefficient (Wildman–Crippen LogP) is 4.59. The van der Waals surface area contributed by atoms with Gasteiger partial charge in [-0.15, -0.1) is 14.1 Å². The first-order valence-electron chi connectivity index (χ1n) is 6.18. The number of aromatic nitrogens is 2. The average molecular weight is 462 g/mol. The van der Waals surface area contributed by atoms with Gasteiger partial charge in [0.2, 0.25) is 11.8 Å². The second-order valence-corrected chi connectivity index (χ2v) is 7.71. The van der Waals surface area contributed by atoms with Gasteiger partial charge >= 0.3 is 10.2 Å². The quantitative estimate of drug-likeness (QED) is 0.533. The molecule has 0 radical (unpaired) electrons. The topological polar surface area (TPSA) is 73.1 Å². The lowest BCUT2D eigenvalue weighted by Gasteiger charge is -1.99. The Morgan fingerprint density at radius 2 is 1.52 bits per heavy atom. The molecule has 0 aliphatic carbocycles. The molecule has 0 aliphatic rings. The summed E-state index contributed by atoms with van der Waals surface area (Å²) in [5.74, 6) is 0.358. The first-order chi connectivity index (χ1) is 10.8. The zero-order chi connectivity index (χ0) is 16.6. The molecule has 0 saturated heterocycles. The Kier molecular flexibility index (Phi) is 4.35. The molecule has 2 aromatic carbocycles. The van der Waals surface area contributed by atoms with Gasteiger partial charge < -0.3 is 4.42 Å². The predicted molar refractivity (Wildman–Crippen MR) is 88.9 cm³/mol. The van der Waals surface area contributed by atoms with Crippen LogP contribution in [0.15, 0.2) is 60.7 Å². The number of halogens is 3. The van der Waals surface area contributed by atoms with Crippen molar-refractivity contribution in [3.8, 4) is 22.9 Å². The highest BCUT2D eigenvalue weighted by molar-refractivity contribution is 9.11. The molecule has 23 heavy (non-hydrogen) atoms. The van der Waals surface area contributed by atoms with Crippen LogP contribution in [0.5, 0.6) is 0 Å². The Morgan fingerprint density at radius 3 is 2.13 bits per heavy atom. The van der Waals surface area contributed by atoms with Gasteiger partial charge in [-0.1, -0.05) is 37.9 Å². The van der Waals surface area contributed by atoms with Gasteiger partial charge in [0.25, 0.3) is 0 Å². The molecule has 0 aliphatic heterocycles. The van der Waals surface area contributed by atoms with Crippen molar-refractivity contribution in [2.24, 2.45) is 0 Å². The molecule has 9 heteroatoms. The Morgan fingerprint density at radius 1 is 0.913 bits per heavy atom. The van der Waals surface area contributed by atoms with Crippen molar-refractivity contribution in [1.82, 2.24) is 10.2 Å². The van der Waals surface area contributed by atoms with E-state index in [1.165, 1.54) is 6.07 Å². The summed E-state index contributed by atoms with van der Waals surface area (Å²) in [5, 5.41) is 7.82. The summed E-state index contributed by atoms with van der Waals surface area (Å²) in [5.41, 5.74) is 0.996. The minimum absolute atomic E-state index is 0.0987. The maximum absolute atomic E-state index is 13.1. The van der Waals surface area contributed by atoms with Crippen molar-refractivity contribution in [3.05, 3.63) is 51.4 Å². The maximum Gasteiger partial charge on any atom is 0.332 e. The fourth-order valence-electron chi connectivity index (χ4n) is 1.91. The van der Waals surface area contributed by atoms with Gasteiger partial charge in [0.15, 0.2) is 0 Å². The Labute approximate surface area is 148 Å². The molecule has 3 rings (SSSR count). The van der Waals surface area contributed by atoms with Gasteiger partial charge in [0.1, 0.15) is 0 Å². The molecule has 118 valence electrons. The number of rotatable bonds is 3. The van der Waals surface area contributed by atoms with E-state index in [9.17, 15) is 12.3 Å². The third-order valence-corrected chi connectivity index (χ3v) is 4.63. The van der Waals surface area contributed by atoms with Gasteiger partial charge in [0, 0.05) is 20.1 Å². The highest BCUT2D eigenvalue weighted by atomic mass is 79.9. The van der Waals surface area contributed by atoms with E-state index >= 15 is 0 Å². The smallest absolute Gasteiger partial charge is 0.332 e. The van der Waals surface area contributed by atoms with Crippen LogP contribution in [0.4, 0.5) is 3.89 Å². The summed E-state index contributed by atoms with van der Waals surface area (Å²) >= 11 is 6.73. The number of hydrogen-bond donors (Lipinski definition) is 0. The van der Waals surface area contributed by atoms with Crippen LogP contribution in [0.3, 0.4) is 0 Å². The molecule has 0 N–H and O–H groups in total. The van der Waals surface area contributed by atoms with Crippen LogP contribution < -0.4 is 0 Å². The molecule has 0 amide bonds. The van der Waals surface area contributed by atoms with Crippen LogP contribution in [-0.4, -0.2) is 18.6 Å². The molecule has 0 bridgehead atoms. The molecular formula is C14H7Br2FN2O3S. The summed E-state index contributed by atoms with van der Waals surface area (Å²) in [6, 6.07) is 10.7. The van der Waals surface area contributed by atoms with E-state index in [4.69, 9.17) is 4.42 Å². The number of nitrogens with zero attached hydrogens (tertiary/aromatic N) is 2. The first kappa shape index (κ1) is 16.3. The van der Waals surface area contributed by atoms with E-state index in [1.807, 2.05) is 6.07 Å². The molecule has 0 atom stereocenters.